The van der Waals surface area contributed by atoms with Crippen LogP contribution >= 0.6 is 0 Å². The standard InChI is InChI=1S/C25H33FN4O3/c1-17(13-18(2)31)19-6-8-20(9-7-19)33-22-10-11-30(15-22)25-23(26)24(27-16-28-25)29(3)14-21-5-4-12-32-21/h6-9,16-17,21-22H,4-5,10-15H2,1-3H3/t17-,21-,22-/m1/s1. The fraction of sp³-hybridized carbons (Fsp3) is 0.560. The molecule has 3 atom stereocenters. The monoisotopic (exact) mass is 456 g/mol. The third kappa shape index (κ3) is 5.79. The molecule has 0 radical (unpaired) electrons. The molecule has 0 unspecified atom stereocenters. The number of halogens is 1. The van der Waals surface area contributed by atoms with Gasteiger partial charge in [-0.3, -0.25) is 0 Å². The molecule has 8 heteroatoms. The summed E-state index contributed by atoms with van der Waals surface area (Å²) in [4.78, 5) is 23.5. The average molecular weight is 457 g/mol. The van der Waals surface area contributed by atoms with Gasteiger partial charge < -0.3 is 24.1 Å². The summed E-state index contributed by atoms with van der Waals surface area (Å²) >= 11 is 0. The van der Waals surface area contributed by atoms with Crippen molar-refractivity contribution in [2.75, 3.05) is 43.1 Å². The second-order valence-electron chi connectivity index (χ2n) is 9.20. The van der Waals surface area contributed by atoms with Crippen molar-refractivity contribution in [3.8, 4) is 5.75 Å². The predicted octanol–water partition coefficient (Wildman–Crippen LogP) is 3.97. The van der Waals surface area contributed by atoms with Crippen LogP contribution in [0.5, 0.6) is 5.75 Å². The maximum absolute atomic E-state index is 15.3. The molecule has 3 heterocycles. The summed E-state index contributed by atoms with van der Waals surface area (Å²) in [6.07, 6.45) is 4.86. The molecule has 178 valence electrons. The fourth-order valence-electron chi connectivity index (χ4n) is 4.65. The molecule has 2 fully saturated rings. The van der Waals surface area contributed by atoms with E-state index in [1.165, 1.54) is 6.33 Å². The minimum Gasteiger partial charge on any atom is -0.489 e. The summed E-state index contributed by atoms with van der Waals surface area (Å²) in [6, 6.07) is 7.90. The van der Waals surface area contributed by atoms with Crippen LogP contribution in [-0.4, -0.2) is 61.2 Å². The molecule has 2 aromatic rings. The zero-order chi connectivity index (χ0) is 23.4. The summed E-state index contributed by atoms with van der Waals surface area (Å²) in [7, 11) is 1.84. The molecule has 0 saturated carbocycles. The Balaban J connectivity index is 1.36. The van der Waals surface area contributed by atoms with Crippen LogP contribution in [0.1, 0.15) is 51.0 Å². The van der Waals surface area contributed by atoms with E-state index in [0.29, 0.717) is 37.7 Å². The average Bonchev–Trinajstić information content (AvgIpc) is 3.46. The highest BCUT2D eigenvalue weighted by Crippen LogP contribution is 2.29. The van der Waals surface area contributed by atoms with Crippen LogP contribution in [0.3, 0.4) is 0 Å². The number of hydrogen-bond donors (Lipinski definition) is 0. The van der Waals surface area contributed by atoms with Gasteiger partial charge in [-0.15, -0.1) is 0 Å². The highest BCUT2D eigenvalue weighted by molar-refractivity contribution is 5.76. The second kappa shape index (κ2) is 10.5. The summed E-state index contributed by atoms with van der Waals surface area (Å²) in [5.41, 5.74) is 1.12. The number of carbonyl (C=O) groups is 1. The first-order valence-electron chi connectivity index (χ1n) is 11.7. The maximum atomic E-state index is 15.3. The molecule has 7 nitrogen and oxygen atoms in total. The van der Waals surface area contributed by atoms with E-state index in [4.69, 9.17) is 9.47 Å². The minimum atomic E-state index is -0.401. The number of anilines is 2. The number of hydrogen-bond acceptors (Lipinski definition) is 7. The first-order valence-corrected chi connectivity index (χ1v) is 11.7. The highest BCUT2D eigenvalue weighted by Gasteiger charge is 2.29. The lowest BCUT2D eigenvalue weighted by Gasteiger charge is -2.24. The Morgan fingerprint density at radius 1 is 1.30 bits per heavy atom. The molecule has 1 aromatic heterocycles. The van der Waals surface area contributed by atoms with Crippen molar-refractivity contribution in [1.29, 1.82) is 0 Å². The van der Waals surface area contributed by atoms with Gasteiger partial charge in [-0.2, -0.15) is 4.39 Å². The third-order valence-corrected chi connectivity index (χ3v) is 6.41. The van der Waals surface area contributed by atoms with E-state index >= 15 is 4.39 Å². The van der Waals surface area contributed by atoms with Gasteiger partial charge in [0.1, 0.15) is 24.0 Å². The quantitative estimate of drug-likeness (QED) is 0.566. The van der Waals surface area contributed by atoms with Crippen molar-refractivity contribution in [1.82, 2.24) is 9.97 Å². The fourth-order valence-corrected chi connectivity index (χ4v) is 4.65. The zero-order valence-corrected chi connectivity index (χ0v) is 19.7. The Kier molecular flexibility index (Phi) is 7.42. The van der Waals surface area contributed by atoms with E-state index in [-0.39, 0.29) is 23.9 Å². The number of rotatable bonds is 9. The van der Waals surface area contributed by atoms with Crippen molar-refractivity contribution in [3.63, 3.8) is 0 Å². The number of likely N-dealkylation sites (N-methyl/N-ethyl adjacent to an activating group) is 1. The lowest BCUT2D eigenvalue weighted by Crippen LogP contribution is -2.31. The Morgan fingerprint density at radius 2 is 2.09 bits per heavy atom. The van der Waals surface area contributed by atoms with E-state index in [0.717, 1.165) is 37.2 Å². The number of ether oxygens (including phenoxy) is 2. The number of benzene rings is 1. The van der Waals surface area contributed by atoms with E-state index in [2.05, 4.69) is 16.9 Å². The van der Waals surface area contributed by atoms with Gasteiger partial charge in [0.2, 0.25) is 5.82 Å². The number of Topliss-reactive ketones (excluding diaryl/α,β-unsaturated/α-hetero) is 1. The Morgan fingerprint density at radius 3 is 2.79 bits per heavy atom. The Labute approximate surface area is 194 Å². The van der Waals surface area contributed by atoms with Crippen LogP contribution in [0.15, 0.2) is 30.6 Å². The smallest absolute Gasteiger partial charge is 0.208 e. The summed E-state index contributed by atoms with van der Waals surface area (Å²) in [6.45, 7) is 6.28. The lowest BCUT2D eigenvalue weighted by molar-refractivity contribution is -0.117. The maximum Gasteiger partial charge on any atom is 0.208 e. The normalized spacial score (nSPS) is 21.3. The molecule has 2 saturated heterocycles. The van der Waals surface area contributed by atoms with Gasteiger partial charge in [0, 0.05) is 39.6 Å². The molecule has 0 spiro atoms. The van der Waals surface area contributed by atoms with Crippen molar-refractivity contribution < 1.29 is 18.7 Å². The topological polar surface area (TPSA) is 67.8 Å². The van der Waals surface area contributed by atoms with Gasteiger partial charge in [-0.05, 0) is 43.4 Å². The van der Waals surface area contributed by atoms with Crippen molar-refractivity contribution in [2.45, 2.75) is 57.7 Å². The van der Waals surface area contributed by atoms with Gasteiger partial charge >= 0.3 is 0 Å². The molecule has 2 aliphatic rings. The largest absolute Gasteiger partial charge is 0.489 e. The minimum absolute atomic E-state index is 0.0482. The van der Waals surface area contributed by atoms with Crippen LogP contribution in [0.2, 0.25) is 0 Å². The van der Waals surface area contributed by atoms with Crippen molar-refractivity contribution in [3.05, 3.63) is 42.0 Å². The number of aromatic nitrogens is 2. The van der Waals surface area contributed by atoms with Crippen molar-refractivity contribution >= 4 is 17.4 Å². The van der Waals surface area contributed by atoms with E-state index in [1.54, 1.807) is 6.92 Å². The van der Waals surface area contributed by atoms with Crippen LogP contribution < -0.4 is 14.5 Å². The van der Waals surface area contributed by atoms with Crippen LogP contribution in [0, 0.1) is 5.82 Å². The first-order chi connectivity index (χ1) is 15.9. The van der Waals surface area contributed by atoms with E-state index in [9.17, 15) is 4.79 Å². The summed E-state index contributed by atoms with van der Waals surface area (Å²) in [5, 5.41) is 0. The third-order valence-electron chi connectivity index (χ3n) is 6.41. The summed E-state index contributed by atoms with van der Waals surface area (Å²) < 4.78 is 27.1. The van der Waals surface area contributed by atoms with Crippen molar-refractivity contribution in [2.24, 2.45) is 0 Å². The number of ketones is 1. The van der Waals surface area contributed by atoms with Crippen LogP contribution in [0.25, 0.3) is 0 Å². The molecule has 2 aliphatic heterocycles. The molecule has 4 rings (SSSR count). The second-order valence-corrected chi connectivity index (χ2v) is 9.20. The van der Waals surface area contributed by atoms with E-state index < -0.39 is 5.82 Å². The van der Waals surface area contributed by atoms with Gasteiger partial charge in [-0.25, -0.2) is 9.97 Å². The SMILES string of the molecule is CC(=O)C[C@@H](C)c1ccc(O[C@@H]2CCN(c3ncnc(N(C)C[C@H]4CCCO4)c3F)C2)cc1. The number of carbonyl (C=O) groups excluding carboxylic acids is 1. The molecule has 33 heavy (non-hydrogen) atoms. The Hall–Kier alpha value is -2.74. The summed E-state index contributed by atoms with van der Waals surface area (Å²) in [5.74, 6) is 1.37. The van der Waals surface area contributed by atoms with Gasteiger partial charge in [0.05, 0.1) is 12.6 Å². The van der Waals surface area contributed by atoms with Gasteiger partial charge in [0.25, 0.3) is 0 Å². The highest BCUT2D eigenvalue weighted by atomic mass is 19.1. The number of nitrogens with zero attached hydrogens (tertiary/aromatic N) is 4. The lowest BCUT2D eigenvalue weighted by atomic mass is 9.96. The first kappa shape index (κ1) is 23.4. The van der Waals surface area contributed by atoms with Crippen LogP contribution in [0.4, 0.5) is 16.0 Å². The molecule has 0 N–H and O–H groups in total. The molecular formula is C25H33FN4O3. The van der Waals surface area contributed by atoms with Gasteiger partial charge in [0.15, 0.2) is 11.6 Å². The molecular weight excluding hydrogens is 423 g/mol. The predicted molar refractivity (Wildman–Crippen MR) is 126 cm³/mol. The van der Waals surface area contributed by atoms with Crippen LogP contribution in [-0.2, 0) is 9.53 Å². The molecule has 0 aliphatic carbocycles. The zero-order valence-electron chi connectivity index (χ0n) is 19.7. The van der Waals surface area contributed by atoms with Gasteiger partial charge in [-0.1, -0.05) is 19.1 Å². The molecule has 1 aromatic carbocycles. The van der Waals surface area contributed by atoms with E-state index in [1.807, 2.05) is 41.1 Å². The molecule has 0 bridgehead atoms. The molecule has 0 amide bonds. The Bertz CT molecular complexity index is 949.